The second-order valence-corrected chi connectivity index (χ2v) is 5.32. The van der Waals surface area contributed by atoms with Gasteiger partial charge in [-0.25, -0.2) is 4.79 Å². The molecule has 27 heavy (non-hydrogen) atoms. The number of benzene rings is 2. The van der Waals surface area contributed by atoms with E-state index >= 15 is 0 Å². The molecule has 7 nitrogen and oxygen atoms in total. The lowest BCUT2D eigenvalue weighted by Gasteiger charge is -2.10. The second-order valence-electron chi connectivity index (χ2n) is 5.32. The summed E-state index contributed by atoms with van der Waals surface area (Å²) < 4.78 is 44.6. The van der Waals surface area contributed by atoms with Crippen LogP contribution < -0.4 is 10.1 Å². The van der Waals surface area contributed by atoms with E-state index in [1.807, 2.05) is 0 Å². The van der Waals surface area contributed by atoms with Gasteiger partial charge >= 0.3 is 12.3 Å². The Kier molecular flexibility index (Phi) is 5.78. The quantitative estimate of drug-likeness (QED) is 0.540. The maximum atomic E-state index is 12.1. The van der Waals surface area contributed by atoms with Crippen molar-refractivity contribution in [1.82, 2.24) is 0 Å². The second kappa shape index (κ2) is 7.85. The van der Waals surface area contributed by atoms with Crippen molar-refractivity contribution in [3.8, 4) is 17.2 Å². The third kappa shape index (κ3) is 5.53. The van der Waals surface area contributed by atoms with E-state index in [4.69, 9.17) is 4.74 Å². The molecule has 0 aliphatic carbocycles. The molecule has 0 radical (unpaired) electrons. The Hall–Kier alpha value is -3.43. The van der Waals surface area contributed by atoms with Crippen LogP contribution in [0, 0.1) is 6.92 Å². The first-order chi connectivity index (χ1) is 12.6. The van der Waals surface area contributed by atoms with Gasteiger partial charge in [0.2, 0.25) is 0 Å². The molecule has 0 saturated carbocycles. The summed E-state index contributed by atoms with van der Waals surface area (Å²) in [7, 11) is 0. The smallest absolute Gasteiger partial charge is 0.504 e. The normalized spacial score (nSPS) is 11.0. The largest absolute Gasteiger partial charge is 0.573 e. The van der Waals surface area contributed by atoms with Crippen LogP contribution in [-0.2, 0) is 9.53 Å². The lowest BCUT2D eigenvalue weighted by molar-refractivity contribution is -0.274. The number of alkyl halides is 3. The molecule has 0 heterocycles. The standard InChI is InChI=1S/C17H14F3NO6/c1-9-2-7-12(15(24)14(9)23)16(25)26-8-13(22)21-10-3-5-11(6-4-10)27-17(18,19)20/h2-7,23-24H,8H2,1H3,(H,21,22). The third-order valence-electron chi connectivity index (χ3n) is 3.28. The number of carbonyl (C=O) groups is 2. The van der Waals surface area contributed by atoms with Crippen molar-refractivity contribution in [3.63, 3.8) is 0 Å². The monoisotopic (exact) mass is 385 g/mol. The highest BCUT2D eigenvalue weighted by molar-refractivity contribution is 5.97. The lowest BCUT2D eigenvalue weighted by Crippen LogP contribution is -2.21. The van der Waals surface area contributed by atoms with E-state index in [9.17, 15) is 33.0 Å². The van der Waals surface area contributed by atoms with Crippen LogP contribution in [0.15, 0.2) is 36.4 Å². The van der Waals surface area contributed by atoms with E-state index in [0.717, 1.165) is 12.1 Å². The molecule has 0 unspecified atom stereocenters. The summed E-state index contributed by atoms with van der Waals surface area (Å²) in [5.41, 5.74) is 0.181. The van der Waals surface area contributed by atoms with E-state index in [-0.39, 0.29) is 11.3 Å². The van der Waals surface area contributed by atoms with Gasteiger partial charge in [-0.15, -0.1) is 13.2 Å². The molecule has 144 valence electrons. The Morgan fingerprint density at radius 2 is 1.67 bits per heavy atom. The minimum atomic E-state index is -4.82. The highest BCUT2D eigenvalue weighted by Crippen LogP contribution is 2.32. The van der Waals surface area contributed by atoms with Gasteiger partial charge in [-0.1, -0.05) is 6.07 Å². The van der Waals surface area contributed by atoms with E-state index in [2.05, 4.69) is 10.1 Å². The topological polar surface area (TPSA) is 105 Å². The van der Waals surface area contributed by atoms with Gasteiger partial charge < -0.3 is 25.0 Å². The van der Waals surface area contributed by atoms with Crippen molar-refractivity contribution in [2.45, 2.75) is 13.3 Å². The van der Waals surface area contributed by atoms with Crippen LogP contribution in [-0.4, -0.2) is 35.1 Å². The molecule has 0 aliphatic rings. The molecule has 10 heteroatoms. The number of carbonyl (C=O) groups excluding carboxylic acids is 2. The van der Waals surface area contributed by atoms with Crippen molar-refractivity contribution < 1.29 is 42.4 Å². The maximum Gasteiger partial charge on any atom is 0.573 e. The number of amides is 1. The summed E-state index contributed by atoms with van der Waals surface area (Å²) in [6, 6.07) is 6.96. The van der Waals surface area contributed by atoms with Crippen LogP contribution in [0.1, 0.15) is 15.9 Å². The molecule has 0 spiro atoms. The number of aryl methyl sites for hydroxylation is 1. The lowest BCUT2D eigenvalue weighted by atomic mass is 10.1. The van der Waals surface area contributed by atoms with Gasteiger partial charge in [0.1, 0.15) is 11.3 Å². The number of aromatic hydroxyl groups is 2. The zero-order chi connectivity index (χ0) is 20.2. The summed E-state index contributed by atoms with van der Waals surface area (Å²) in [5, 5.41) is 21.6. The van der Waals surface area contributed by atoms with Gasteiger partial charge in [-0.05, 0) is 42.8 Å². The number of nitrogens with one attached hydrogen (secondary N) is 1. The number of rotatable bonds is 5. The SMILES string of the molecule is Cc1ccc(C(=O)OCC(=O)Nc2ccc(OC(F)(F)F)cc2)c(O)c1O. The first kappa shape index (κ1) is 19.9. The van der Waals surface area contributed by atoms with E-state index < -0.39 is 42.1 Å². The van der Waals surface area contributed by atoms with Gasteiger partial charge in [-0.3, -0.25) is 4.79 Å². The molecule has 0 atom stereocenters. The summed E-state index contributed by atoms with van der Waals surface area (Å²) in [6.45, 7) is 0.802. The Morgan fingerprint density at radius 3 is 2.26 bits per heavy atom. The summed E-state index contributed by atoms with van der Waals surface area (Å²) in [5.74, 6) is -3.40. The van der Waals surface area contributed by atoms with Crippen LogP contribution in [0.25, 0.3) is 0 Å². The van der Waals surface area contributed by atoms with E-state index in [1.165, 1.54) is 31.2 Å². The zero-order valence-electron chi connectivity index (χ0n) is 13.8. The van der Waals surface area contributed by atoms with Gasteiger partial charge in [0.15, 0.2) is 18.1 Å². The maximum absolute atomic E-state index is 12.1. The molecule has 2 aromatic rings. The van der Waals surface area contributed by atoms with E-state index in [0.29, 0.717) is 5.56 Å². The van der Waals surface area contributed by atoms with Crippen molar-refractivity contribution in [2.75, 3.05) is 11.9 Å². The fourth-order valence-corrected chi connectivity index (χ4v) is 1.99. The molecular formula is C17H14F3NO6. The number of hydrogen-bond donors (Lipinski definition) is 3. The van der Waals surface area contributed by atoms with Gasteiger partial charge in [0, 0.05) is 5.69 Å². The predicted molar refractivity (Wildman–Crippen MR) is 86.5 cm³/mol. The first-order valence-corrected chi connectivity index (χ1v) is 7.41. The molecule has 2 aromatic carbocycles. The average Bonchev–Trinajstić information content (AvgIpc) is 2.58. The molecule has 3 N–H and O–H groups in total. The Bertz CT molecular complexity index is 849. The Balaban J connectivity index is 1.91. The van der Waals surface area contributed by atoms with Crippen molar-refractivity contribution in [1.29, 1.82) is 0 Å². The van der Waals surface area contributed by atoms with Crippen LogP contribution in [0.2, 0.25) is 0 Å². The fourth-order valence-electron chi connectivity index (χ4n) is 1.99. The summed E-state index contributed by atoms with van der Waals surface area (Å²) in [6.07, 6.45) is -4.82. The van der Waals surface area contributed by atoms with Crippen molar-refractivity contribution in [3.05, 3.63) is 47.5 Å². The van der Waals surface area contributed by atoms with Crippen LogP contribution in [0.4, 0.5) is 18.9 Å². The minimum absolute atomic E-state index is 0.154. The van der Waals surface area contributed by atoms with Gasteiger partial charge in [0.05, 0.1) is 0 Å². The van der Waals surface area contributed by atoms with Crippen LogP contribution >= 0.6 is 0 Å². The molecule has 0 bridgehead atoms. The molecule has 0 fully saturated rings. The molecular weight excluding hydrogens is 371 g/mol. The summed E-state index contributed by atoms with van der Waals surface area (Å²) in [4.78, 5) is 23.6. The van der Waals surface area contributed by atoms with Crippen molar-refractivity contribution in [2.24, 2.45) is 0 Å². The minimum Gasteiger partial charge on any atom is -0.504 e. The molecule has 2 rings (SSSR count). The molecule has 0 aromatic heterocycles. The highest BCUT2D eigenvalue weighted by Gasteiger charge is 2.31. The molecule has 0 aliphatic heterocycles. The first-order valence-electron chi connectivity index (χ1n) is 7.41. The van der Waals surface area contributed by atoms with Crippen LogP contribution in [0.5, 0.6) is 17.2 Å². The molecule has 0 saturated heterocycles. The van der Waals surface area contributed by atoms with Crippen molar-refractivity contribution >= 4 is 17.6 Å². The number of halogens is 3. The number of phenolic OH excluding ortho intramolecular Hbond substituents is 2. The average molecular weight is 385 g/mol. The predicted octanol–water partition coefficient (Wildman–Crippen LogP) is 3.10. The van der Waals surface area contributed by atoms with Gasteiger partial charge in [0.25, 0.3) is 5.91 Å². The van der Waals surface area contributed by atoms with Gasteiger partial charge in [-0.2, -0.15) is 0 Å². The van der Waals surface area contributed by atoms with E-state index in [1.54, 1.807) is 0 Å². The third-order valence-corrected chi connectivity index (χ3v) is 3.28. The summed E-state index contributed by atoms with van der Waals surface area (Å²) >= 11 is 0. The van der Waals surface area contributed by atoms with Crippen LogP contribution in [0.3, 0.4) is 0 Å². The number of esters is 1. The number of ether oxygens (including phenoxy) is 2. The molecule has 1 amide bonds. The Morgan fingerprint density at radius 1 is 1.04 bits per heavy atom. The Labute approximate surface area is 150 Å². The zero-order valence-corrected chi connectivity index (χ0v) is 13.8. The number of phenols is 2. The fraction of sp³-hybridized carbons (Fsp3) is 0.176. The number of hydrogen-bond acceptors (Lipinski definition) is 6. The highest BCUT2D eigenvalue weighted by atomic mass is 19.4. The number of anilines is 1.